The Morgan fingerprint density at radius 3 is 2.38 bits per heavy atom. The van der Waals surface area contributed by atoms with Gasteiger partial charge in [0, 0.05) is 32.4 Å². The first-order valence-corrected chi connectivity index (χ1v) is 15.0. The van der Waals surface area contributed by atoms with Crippen LogP contribution in [0.1, 0.15) is 56.3 Å². The average molecular weight is 548 g/mol. The minimum atomic E-state index is -3.56. The van der Waals surface area contributed by atoms with Gasteiger partial charge >= 0.3 is 6.09 Å². The summed E-state index contributed by atoms with van der Waals surface area (Å²) in [7, 11) is -3.56. The molecule has 8 nitrogen and oxygen atoms in total. The van der Waals surface area contributed by atoms with Crippen LogP contribution in [0, 0.1) is 11.3 Å². The van der Waals surface area contributed by atoms with E-state index in [-0.39, 0.29) is 12.2 Å². The molecule has 0 saturated carbocycles. The third kappa shape index (κ3) is 5.81. The highest BCUT2D eigenvalue weighted by molar-refractivity contribution is 7.92. The van der Waals surface area contributed by atoms with E-state index in [2.05, 4.69) is 6.07 Å². The first-order chi connectivity index (χ1) is 18.4. The number of piperidine rings is 1. The minimum absolute atomic E-state index is 0.0419. The Bertz CT molecular complexity index is 1560. The molecule has 1 unspecified atom stereocenters. The summed E-state index contributed by atoms with van der Waals surface area (Å²) in [4.78, 5) is 14.1. The van der Waals surface area contributed by atoms with Gasteiger partial charge in [-0.05, 0) is 79.1 Å². The molecule has 0 bridgehead atoms. The van der Waals surface area contributed by atoms with Crippen molar-refractivity contribution in [2.24, 2.45) is 0 Å². The van der Waals surface area contributed by atoms with Crippen molar-refractivity contribution < 1.29 is 22.7 Å². The molecule has 5 rings (SSSR count). The van der Waals surface area contributed by atoms with Crippen molar-refractivity contribution >= 4 is 32.6 Å². The molecule has 0 aromatic heterocycles. The lowest BCUT2D eigenvalue weighted by atomic mass is 9.98. The van der Waals surface area contributed by atoms with Crippen LogP contribution in [0.15, 0.2) is 54.6 Å². The second-order valence-electron chi connectivity index (χ2n) is 11.3. The molecular formula is C30H33N3O5S. The molecule has 1 fully saturated rings. The predicted molar refractivity (Wildman–Crippen MR) is 150 cm³/mol. The molecule has 3 aromatic rings. The van der Waals surface area contributed by atoms with Gasteiger partial charge in [0.15, 0.2) is 0 Å². The van der Waals surface area contributed by atoms with E-state index in [1.165, 1.54) is 10.6 Å². The number of benzene rings is 3. The summed E-state index contributed by atoms with van der Waals surface area (Å²) in [5, 5.41) is 11.2. The van der Waals surface area contributed by atoms with Crippen LogP contribution in [0.5, 0.6) is 5.75 Å². The van der Waals surface area contributed by atoms with Gasteiger partial charge in [0.2, 0.25) is 10.0 Å². The molecule has 204 valence electrons. The van der Waals surface area contributed by atoms with Crippen molar-refractivity contribution in [3.63, 3.8) is 0 Å². The number of rotatable bonds is 4. The number of ether oxygens (including phenoxy) is 2. The molecule has 2 heterocycles. The predicted octanol–water partition coefficient (Wildman–Crippen LogP) is 5.55. The van der Waals surface area contributed by atoms with Crippen LogP contribution in [-0.4, -0.2) is 50.5 Å². The Hall–Kier alpha value is -3.77. The van der Waals surface area contributed by atoms with E-state index < -0.39 is 21.7 Å². The second-order valence-corrected chi connectivity index (χ2v) is 13.1. The molecule has 0 radical (unpaired) electrons. The van der Waals surface area contributed by atoms with Gasteiger partial charge in [-0.15, -0.1) is 0 Å². The first-order valence-electron chi connectivity index (χ1n) is 13.1. The third-order valence-corrected chi connectivity index (χ3v) is 8.28. The lowest BCUT2D eigenvalue weighted by Crippen LogP contribution is -2.44. The molecule has 1 saturated heterocycles. The fraction of sp³-hybridized carbons (Fsp3) is 0.400. The van der Waals surface area contributed by atoms with Crippen molar-refractivity contribution in [3.8, 4) is 11.8 Å². The van der Waals surface area contributed by atoms with Gasteiger partial charge in [-0.3, -0.25) is 4.31 Å². The highest BCUT2D eigenvalue weighted by atomic mass is 32.2. The molecule has 39 heavy (non-hydrogen) atoms. The van der Waals surface area contributed by atoms with E-state index in [1.807, 2.05) is 69.3 Å². The molecule has 9 heteroatoms. The van der Waals surface area contributed by atoms with Gasteiger partial charge in [0.25, 0.3) is 0 Å². The van der Waals surface area contributed by atoms with Crippen molar-refractivity contribution in [1.82, 2.24) is 4.90 Å². The maximum atomic E-state index is 12.9. The van der Waals surface area contributed by atoms with Gasteiger partial charge in [-0.1, -0.05) is 18.2 Å². The molecule has 1 atom stereocenters. The number of fused-ring (bicyclic) bond motifs is 2. The number of likely N-dealkylation sites (tertiary alicyclic amines) is 1. The van der Waals surface area contributed by atoms with Crippen LogP contribution in [0.2, 0.25) is 0 Å². The van der Waals surface area contributed by atoms with Crippen LogP contribution < -0.4 is 9.04 Å². The lowest BCUT2D eigenvalue weighted by Gasteiger charge is -2.33. The molecular weight excluding hydrogens is 514 g/mol. The summed E-state index contributed by atoms with van der Waals surface area (Å²) in [6.45, 7) is 6.69. The Kier molecular flexibility index (Phi) is 6.93. The molecule has 2 aliphatic heterocycles. The van der Waals surface area contributed by atoms with Crippen LogP contribution >= 0.6 is 0 Å². The Morgan fingerprint density at radius 1 is 1.00 bits per heavy atom. The van der Waals surface area contributed by atoms with E-state index in [1.54, 1.807) is 11.0 Å². The van der Waals surface area contributed by atoms with Gasteiger partial charge in [0.1, 0.15) is 17.5 Å². The van der Waals surface area contributed by atoms with E-state index in [0.717, 1.165) is 21.9 Å². The van der Waals surface area contributed by atoms with Crippen molar-refractivity contribution in [3.05, 3.63) is 71.3 Å². The highest BCUT2D eigenvalue weighted by Crippen LogP contribution is 2.44. The number of nitriles is 1. The number of carbonyl (C=O) groups excluding carboxylic acids is 1. The van der Waals surface area contributed by atoms with E-state index >= 15 is 0 Å². The lowest BCUT2D eigenvalue weighted by molar-refractivity contribution is 0.0126. The molecule has 0 N–H and O–H groups in total. The zero-order chi connectivity index (χ0) is 27.9. The third-order valence-electron chi connectivity index (χ3n) is 7.12. The van der Waals surface area contributed by atoms with Gasteiger partial charge < -0.3 is 14.4 Å². The number of nitrogens with zero attached hydrogens (tertiary/aromatic N) is 3. The molecule has 0 spiro atoms. The van der Waals surface area contributed by atoms with Crippen LogP contribution in [0.4, 0.5) is 10.5 Å². The zero-order valence-corrected chi connectivity index (χ0v) is 23.5. The van der Waals surface area contributed by atoms with Gasteiger partial charge in [-0.2, -0.15) is 5.26 Å². The van der Waals surface area contributed by atoms with Gasteiger partial charge in [-0.25, -0.2) is 13.2 Å². The maximum absolute atomic E-state index is 12.9. The average Bonchev–Trinajstić information content (AvgIpc) is 3.27. The van der Waals surface area contributed by atoms with Gasteiger partial charge in [0.05, 0.1) is 29.6 Å². The zero-order valence-electron chi connectivity index (χ0n) is 22.7. The first kappa shape index (κ1) is 26.8. The van der Waals surface area contributed by atoms with Crippen LogP contribution in [0.25, 0.3) is 10.8 Å². The van der Waals surface area contributed by atoms with Crippen molar-refractivity contribution in [2.75, 3.05) is 23.7 Å². The van der Waals surface area contributed by atoms with Crippen molar-refractivity contribution in [2.45, 2.75) is 57.8 Å². The smallest absolute Gasteiger partial charge is 0.410 e. The van der Waals surface area contributed by atoms with E-state index in [4.69, 9.17) is 9.47 Å². The monoisotopic (exact) mass is 547 g/mol. The number of anilines is 1. The topological polar surface area (TPSA) is 99.9 Å². The Labute approximate surface area is 229 Å². The summed E-state index contributed by atoms with van der Waals surface area (Å²) >= 11 is 0. The molecule has 2 aliphatic rings. The summed E-state index contributed by atoms with van der Waals surface area (Å²) < 4.78 is 39.1. The Balaban J connectivity index is 1.33. The second kappa shape index (κ2) is 10.1. The standard InChI is InChI=1S/C30H33N3O5S/c1-30(2,3)38-29(34)32-13-11-25(12-14-32)37-26-9-10-27-24(17-26)18-28(33(27)39(4,35)36)22-8-7-21-6-5-20(19-31)15-23(21)16-22/h5-10,15-17,25,28H,11-14,18H2,1-4H3. The van der Waals surface area contributed by atoms with Crippen molar-refractivity contribution in [1.29, 1.82) is 5.26 Å². The largest absolute Gasteiger partial charge is 0.490 e. The van der Waals surface area contributed by atoms with Crippen LogP contribution in [-0.2, 0) is 21.2 Å². The number of amides is 1. The SMILES string of the molecule is CC(C)(C)OC(=O)N1CCC(Oc2ccc3c(c2)CC(c2ccc4ccc(C#N)cc4c2)N3S(C)(=O)=O)CC1. The summed E-state index contributed by atoms with van der Waals surface area (Å²) in [6.07, 6.45) is 2.78. The normalized spacial score (nSPS) is 18.1. The summed E-state index contributed by atoms with van der Waals surface area (Å²) in [6, 6.07) is 18.7. The highest BCUT2D eigenvalue weighted by Gasteiger charge is 2.37. The molecule has 3 aromatic carbocycles. The fourth-order valence-electron chi connectivity index (χ4n) is 5.35. The maximum Gasteiger partial charge on any atom is 0.410 e. The summed E-state index contributed by atoms with van der Waals surface area (Å²) in [5.41, 5.74) is 2.46. The Morgan fingerprint density at radius 2 is 1.72 bits per heavy atom. The minimum Gasteiger partial charge on any atom is -0.490 e. The van der Waals surface area contributed by atoms with Crippen LogP contribution in [0.3, 0.4) is 0 Å². The van der Waals surface area contributed by atoms with E-state index in [0.29, 0.717) is 49.4 Å². The fourth-order valence-corrected chi connectivity index (χ4v) is 6.55. The number of carbonyl (C=O) groups is 1. The number of hydrogen-bond acceptors (Lipinski definition) is 6. The summed E-state index contributed by atoms with van der Waals surface area (Å²) in [5.74, 6) is 0.691. The number of sulfonamides is 1. The number of hydrogen-bond donors (Lipinski definition) is 0. The quantitative estimate of drug-likeness (QED) is 0.424. The molecule has 1 amide bonds. The molecule has 0 aliphatic carbocycles. The van der Waals surface area contributed by atoms with E-state index in [9.17, 15) is 18.5 Å².